The Labute approximate surface area is 78.5 Å². The molecule has 0 atom stereocenters. The van der Waals surface area contributed by atoms with Gasteiger partial charge in [0, 0.05) is 7.26 Å². The molecule has 0 nitrogen and oxygen atoms in total. The molecule has 0 aromatic carbocycles. The van der Waals surface area contributed by atoms with Gasteiger partial charge in [0.25, 0.3) is 0 Å². The van der Waals surface area contributed by atoms with E-state index in [1.165, 1.54) is 31.8 Å². The summed E-state index contributed by atoms with van der Waals surface area (Å²) < 4.78 is 0. The molecule has 0 N–H and O–H groups in total. The first-order valence-electron chi connectivity index (χ1n) is 5.57. The van der Waals surface area contributed by atoms with E-state index < -0.39 is 7.26 Å². The van der Waals surface area contributed by atoms with E-state index in [0.29, 0.717) is 0 Å². The lowest BCUT2D eigenvalue weighted by Gasteiger charge is -2.28. The molecule has 1 rings (SSSR count). The molecule has 0 unspecified atom stereocenters. The first-order valence-corrected chi connectivity index (χ1v) is 7.98. The molecule has 0 bridgehead atoms. The van der Waals surface area contributed by atoms with Crippen molar-refractivity contribution in [2.75, 3.05) is 18.5 Å². The largest absolute Gasteiger partial charge is 0.0641 e. The van der Waals surface area contributed by atoms with Gasteiger partial charge in [-0.05, 0) is 46.5 Å². The second-order valence-corrected chi connectivity index (χ2v) is 9.49. The first kappa shape index (κ1) is 10.5. The second kappa shape index (κ2) is 4.61. The summed E-state index contributed by atoms with van der Waals surface area (Å²) in [5, 5.41) is 0. The van der Waals surface area contributed by atoms with Gasteiger partial charge >= 0.3 is 0 Å². The Morgan fingerprint density at radius 1 is 1.00 bits per heavy atom. The Morgan fingerprint density at radius 3 is 1.83 bits per heavy atom. The topological polar surface area (TPSA) is 0 Å². The molecule has 0 spiro atoms. The molecule has 1 saturated heterocycles. The Morgan fingerprint density at radius 2 is 1.50 bits per heavy atom. The number of rotatable bonds is 2. The fourth-order valence-corrected chi connectivity index (χ4v) is 6.84. The lowest BCUT2D eigenvalue weighted by Crippen LogP contribution is -2.14. The lowest BCUT2D eigenvalue weighted by atomic mass is 10.2. The van der Waals surface area contributed by atoms with Gasteiger partial charge in [0.2, 0.25) is 0 Å². The number of hydrogen-bond acceptors (Lipinski definition) is 0. The predicted molar refractivity (Wildman–Crippen MR) is 60.8 cm³/mol. The summed E-state index contributed by atoms with van der Waals surface area (Å²) in [6.45, 7) is 7.35. The average molecular weight is 187 g/mol. The van der Waals surface area contributed by atoms with E-state index in [-0.39, 0.29) is 0 Å². The van der Waals surface area contributed by atoms with Crippen LogP contribution in [0.2, 0.25) is 0 Å². The lowest BCUT2D eigenvalue weighted by molar-refractivity contribution is 0.726. The third-order valence-electron chi connectivity index (χ3n) is 3.68. The van der Waals surface area contributed by atoms with Crippen LogP contribution in [0.5, 0.6) is 0 Å². The van der Waals surface area contributed by atoms with E-state index in [1.807, 2.05) is 0 Å². The zero-order chi connectivity index (χ0) is 9.03. The quantitative estimate of drug-likeness (QED) is 0.573. The van der Waals surface area contributed by atoms with Gasteiger partial charge in [0.05, 0.1) is 24.1 Å². The summed E-state index contributed by atoms with van der Waals surface area (Å²) in [5.74, 6) is 0. The highest BCUT2D eigenvalue weighted by molar-refractivity contribution is 7.76. The normalized spacial score (nSPS) is 24.0. The standard InChI is InChI=1S/C11H24P/c1-4-12(11(2)3)9-7-5-6-8-10-12/h11H,4-10H2,1-3H3/q+1. The summed E-state index contributed by atoms with van der Waals surface area (Å²) >= 11 is 0. The van der Waals surface area contributed by atoms with Gasteiger partial charge in [0.1, 0.15) is 0 Å². The van der Waals surface area contributed by atoms with Crippen LogP contribution in [0.4, 0.5) is 0 Å². The van der Waals surface area contributed by atoms with Gasteiger partial charge in [-0.3, -0.25) is 0 Å². The molecule has 1 aliphatic heterocycles. The van der Waals surface area contributed by atoms with Crippen LogP contribution in [0.25, 0.3) is 0 Å². The zero-order valence-electron chi connectivity index (χ0n) is 8.97. The zero-order valence-corrected chi connectivity index (χ0v) is 9.87. The average Bonchev–Trinajstić information content (AvgIpc) is 2.29. The van der Waals surface area contributed by atoms with Crippen molar-refractivity contribution in [3.8, 4) is 0 Å². The smallest absolute Gasteiger partial charge is 0.0497 e. The summed E-state index contributed by atoms with van der Waals surface area (Å²) in [7, 11) is -0.486. The van der Waals surface area contributed by atoms with Crippen LogP contribution in [0.15, 0.2) is 0 Å². The molecule has 1 heterocycles. The third-order valence-corrected chi connectivity index (χ3v) is 9.55. The SMILES string of the molecule is CC[P+]1(C(C)C)CCCCCC1. The van der Waals surface area contributed by atoms with E-state index in [2.05, 4.69) is 20.8 Å². The maximum Gasteiger partial charge on any atom is 0.0641 e. The van der Waals surface area contributed by atoms with Crippen LogP contribution in [0, 0.1) is 0 Å². The van der Waals surface area contributed by atoms with Crippen molar-refractivity contribution in [1.29, 1.82) is 0 Å². The van der Waals surface area contributed by atoms with Gasteiger partial charge in [0.15, 0.2) is 0 Å². The molecule has 12 heavy (non-hydrogen) atoms. The van der Waals surface area contributed by atoms with Crippen molar-refractivity contribution in [3.05, 3.63) is 0 Å². The fourth-order valence-electron chi connectivity index (χ4n) is 2.52. The van der Waals surface area contributed by atoms with Crippen molar-refractivity contribution in [1.82, 2.24) is 0 Å². The van der Waals surface area contributed by atoms with Crippen molar-refractivity contribution in [2.24, 2.45) is 0 Å². The van der Waals surface area contributed by atoms with E-state index >= 15 is 0 Å². The minimum atomic E-state index is -0.486. The minimum absolute atomic E-state index is 0.486. The summed E-state index contributed by atoms with van der Waals surface area (Å²) in [6, 6.07) is 0. The van der Waals surface area contributed by atoms with Gasteiger partial charge < -0.3 is 0 Å². The minimum Gasteiger partial charge on any atom is -0.0497 e. The predicted octanol–water partition coefficient (Wildman–Crippen LogP) is 4.01. The molecule has 1 fully saturated rings. The molecule has 1 aliphatic rings. The molecule has 72 valence electrons. The Kier molecular flexibility index (Phi) is 4.03. The Bertz CT molecular complexity index is 121. The van der Waals surface area contributed by atoms with E-state index in [9.17, 15) is 0 Å². The molecule has 0 radical (unpaired) electrons. The van der Waals surface area contributed by atoms with Crippen LogP contribution >= 0.6 is 7.26 Å². The molecule has 0 aromatic rings. The van der Waals surface area contributed by atoms with Crippen molar-refractivity contribution >= 4 is 7.26 Å². The van der Waals surface area contributed by atoms with Crippen LogP contribution in [0.3, 0.4) is 0 Å². The first-order chi connectivity index (χ1) is 5.71. The van der Waals surface area contributed by atoms with Crippen LogP contribution < -0.4 is 0 Å². The molecule has 0 saturated carbocycles. The van der Waals surface area contributed by atoms with E-state index in [1.54, 1.807) is 12.3 Å². The molecule has 0 amide bonds. The van der Waals surface area contributed by atoms with Gasteiger partial charge in [-0.2, -0.15) is 0 Å². The molecule has 1 heteroatoms. The Hall–Kier alpha value is 0.430. The van der Waals surface area contributed by atoms with E-state index in [4.69, 9.17) is 0 Å². The van der Waals surface area contributed by atoms with Crippen LogP contribution in [-0.2, 0) is 0 Å². The van der Waals surface area contributed by atoms with Crippen molar-refractivity contribution in [2.45, 2.75) is 52.1 Å². The second-order valence-electron chi connectivity index (χ2n) is 4.49. The summed E-state index contributed by atoms with van der Waals surface area (Å²) in [4.78, 5) is 0. The third kappa shape index (κ3) is 2.22. The molecular weight excluding hydrogens is 163 g/mol. The van der Waals surface area contributed by atoms with Crippen LogP contribution in [-0.4, -0.2) is 24.1 Å². The molecule has 0 aromatic heterocycles. The molecule has 0 aliphatic carbocycles. The summed E-state index contributed by atoms with van der Waals surface area (Å²) in [6.07, 6.45) is 10.8. The monoisotopic (exact) mass is 187 g/mol. The Balaban J connectivity index is 2.61. The van der Waals surface area contributed by atoms with Crippen molar-refractivity contribution < 1.29 is 0 Å². The van der Waals surface area contributed by atoms with Gasteiger partial charge in [-0.15, -0.1) is 0 Å². The molecular formula is C11H24P+. The highest BCUT2D eigenvalue weighted by atomic mass is 31.2. The highest BCUT2D eigenvalue weighted by Crippen LogP contribution is 2.64. The number of hydrogen-bond donors (Lipinski definition) is 0. The maximum atomic E-state index is 2.46. The van der Waals surface area contributed by atoms with Crippen molar-refractivity contribution in [3.63, 3.8) is 0 Å². The fraction of sp³-hybridized carbons (Fsp3) is 1.00. The van der Waals surface area contributed by atoms with E-state index in [0.717, 1.165) is 5.66 Å². The summed E-state index contributed by atoms with van der Waals surface area (Å²) in [5.41, 5.74) is 1.00. The maximum absolute atomic E-state index is 2.46. The van der Waals surface area contributed by atoms with Gasteiger partial charge in [-0.1, -0.05) is 0 Å². The highest BCUT2D eigenvalue weighted by Gasteiger charge is 2.38. The van der Waals surface area contributed by atoms with Crippen LogP contribution in [0.1, 0.15) is 46.5 Å². The van der Waals surface area contributed by atoms with Gasteiger partial charge in [-0.25, -0.2) is 0 Å².